The van der Waals surface area contributed by atoms with Crippen molar-refractivity contribution in [2.45, 2.75) is 25.9 Å². The van der Waals surface area contributed by atoms with Crippen LogP contribution in [0.4, 0.5) is 0 Å². The van der Waals surface area contributed by atoms with Gasteiger partial charge in [-0.2, -0.15) is 0 Å². The van der Waals surface area contributed by atoms with Crippen LogP contribution in [0.15, 0.2) is 22.8 Å². The number of pyridine rings is 1. The molecule has 2 heterocycles. The third-order valence-corrected chi connectivity index (χ3v) is 3.70. The first-order chi connectivity index (χ1) is 7.65. The van der Waals surface area contributed by atoms with Crippen molar-refractivity contribution in [3.63, 3.8) is 0 Å². The predicted molar refractivity (Wildman–Crippen MR) is 69.0 cm³/mol. The SMILES string of the molecule is CC1CN(Cc2ccc(Br)cn2)CCC1N. The van der Waals surface area contributed by atoms with Gasteiger partial charge >= 0.3 is 0 Å². The number of rotatable bonds is 2. The fourth-order valence-electron chi connectivity index (χ4n) is 2.12. The number of nitrogens with two attached hydrogens (primary N) is 1. The van der Waals surface area contributed by atoms with Crippen LogP contribution in [-0.2, 0) is 6.54 Å². The molecule has 1 aromatic heterocycles. The Kier molecular flexibility index (Phi) is 3.95. The zero-order valence-corrected chi connectivity index (χ0v) is 11.2. The highest BCUT2D eigenvalue weighted by Gasteiger charge is 2.22. The summed E-state index contributed by atoms with van der Waals surface area (Å²) in [5, 5.41) is 0. The zero-order valence-electron chi connectivity index (χ0n) is 9.56. The number of nitrogens with zero attached hydrogens (tertiary/aromatic N) is 2. The molecule has 88 valence electrons. The molecule has 0 spiro atoms. The van der Waals surface area contributed by atoms with Crippen molar-refractivity contribution in [2.24, 2.45) is 11.7 Å². The number of hydrogen-bond donors (Lipinski definition) is 1. The maximum atomic E-state index is 6.01. The Morgan fingerprint density at radius 2 is 2.38 bits per heavy atom. The predicted octanol–water partition coefficient (Wildman–Crippen LogP) is 2.01. The van der Waals surface area contributed by atoms with E-state index in [1.165, 1.54) is 0 Å². The maximum Gasteiger partial charge on any atom is 0.0544 e. The molecule has 2 N–H and O–H groups in total. The van der Waals surface area contributed by atoms with Gasteiger partial charge in [-0.15, -0.1) is 0 Å². The van der Waals surface area contributed by atoms with Gasteiger partial charge in [0.15, 0.2) is 0 Å². The second-order valence-electron chi connectivity index (χ2n) is 4.63. The first kappa shape index (κ1) is 12.0. The topological polar surface area (TPSA) is 42.2 Å². The van der Waals surface area contributed by atoms with Gasteiger partial charge < -0.3 is 5.73 Å². The molecule has 16 heavy (non-hydrogen) atoms. The van der Waals surface area contributed by atoms with Crippen molar-refractivity contribution in [1.29, 1.82) is 0 Å². The Labute approximate surface area is 105 Å². The number of piperidine rings is 1. The molecular formula is C12H18BrN3. The summed E-state index contributed by atoms with van der Waals surface area (Å²) in [6.07, 6.45) is 2.95. The summed E-state index contributed by atoms with van der Waals surface area (Å²) in [6.45, 7) is 5.33. The second-order valence-corrected chi connectivity index (χ2v) is 5.55. The summed E-state index contributed by atoms with van der Waals surface area (Å²) in [4.78, 5) is 6.83. The zero-order chi connectivity index (χ0) is 11.5. The van der Waals surface area contributed by atoms with E-state index in [0.717, 1.165) is 36.2 Å². The van der Waals surface area contributed by atoms with E-state index < -0.39 is 0 Å². The van der Waals surface area contributed by atoms with E-state index in [9.17, 15) is 0 Å². The lowest BCUT2D eigenvalue weighted by Gasteiger charge is -2.34. The number of likely N-dealkylation sites (tertiary alicyclic amines) is 1. The van der Waals surface area contributed by atoms with Crippen molar-refractivity contribution in [3.05, 3.63) is 28.5 Å². The third kappa shape index (κ3) is 3.03. The lowest BCUT2D eigenvalue weighted by molar-refractivity contribution is 0.156. The minimum atomic E-state index is 0.370. The molecule has 2 atom stereocenters. The van der Waals surface area contributed by atoms with Crippen LogP contribution in [0.1, 0.15) is 19.0 Å². The quantitative estimate of drug-likeness (QED) is 0.903. The highest BCUT2D eigenvalue weighted by atomic mass is 79.9. The van der Waals surface area contributed by atoms with Crippen LogP contribution >= 0.6 is 15.9 Å². The summed E-state index contributed by atoms with van der Waals surface area (Å²) < 4.78 is 1.03. The number of aromatic nitrogens is 1. The molecule has 1 aliphatic heterocycles. The lowest BCUT2D eigenvalue weighted by Crippen LogP contribution is -2.45. The Balaban J connectivity index is 1.93. The van der Waals surface area contributed by atoms with E-state index in [0.29, 0.717) is 12.0 Å². The van der Waals surface area contributed by atoms with Gasteiger partial charge in [-0.3, -0.25) is 9.88 Å². The van der Waals surface area contributed by atoms with Gasteiger partial charge in [0, 0.05) is 36.3 Å². The van der Waals surface area contributed by atoms with E-state index in [1.807, 2.05) is 12.3 Å². The van der Waals surface area contributed by atoms with E-state index in [-0.39, 0.29) is 0 Å². The number of halogens is 1. The Morgan fingerprint density at radius 3 is 3.00 bits per heavy atom. The van der Waals surface area contributed by atoms with Gasteiger partial charge in [-0.25, -0.2) is 0 Å². The van der Waals surface area contributed by atoms with Crippen LogP contribution in [0.25, 0.3) is 0 Å². The average molecular weight is 284 g/mol. The van der Waals surface area contributed by atoms with Crippen LogP contribution < -0.4 is 5.73 Å². The summed E-state index contributed by atoms with van der Waals surface area (Å²) >= 11 is 3.40. The Hall–Kier alpha value is -0.450. The second kappa shape index (κ2) is 5.25. The van der Waals surface area contributed by atoms with Crippen molar-refractivity contribution in [1.82, 2.24) is 9.88 Å². The summed E-state index contributed by atoms with van der Waals surface area (Å²) in [7, 11) is 0. The summed E-state index contributed by atoms with van der Waals surface area (Å²) in [5.74, 6) is 0.587. The number of hydrogen-bond acceptors (Lipinski definition) is 3. The van der Waals surface area contributed by atoms with Gasteiger partial charge in [0.25, 0.3) is 0 Å². The third-order valence-electron chi connectivity index (χ3n) is 3.23. The van der Waals surface area contributed by atoms with E-state index in [4.69, 9.17) is 5.73 Å². The van der Waals surface area contributed by atoms with Gasteiger partial charge in [-0.1, -0.05) is 6.92 Å². The molecule has 0 radical (unpaired) electrons. The van der Waals surface area contributed by atoms with Crippen molar-refractivity contribution < 1.29 is 0 Å². The molecule has 2 unspecified atom stereocenters. The van der Waals surface area contributed by atoms with Crippen LogP contribution in [0, 0.1) is 5.92 Å². The normalized spacial score (nSPS) is 26.9. The largest absolute Gasteiger partial charge is 0.327 e. The first-order valence-corrected chi connectivity index (χ1v) is 6.53. The maximum absolute atomic E-state index is 6.01. The molecule has 0 aliphatic carbocycles. The van der Waals surface area contributed by atoms with Crippen LogP contribution in [0.2, 0.25) is 0 Å². The molecule has 1 saturated heterocycles. The summed E-state index contributed by atoms with van der Waals surface area (Å²) in [5.41, 5.74) is 7.14. The molecule has 0 aromatic carbocycles. The fraction of sp³-hybridized carbons (Fsp3) is 0.583. The van der Waals surface area contributed by atoms with Crippen molar-refractivity contribution in [2.75, 3.05) is 13.1 Å². The average Bonchev–Trinajstić information content (AvgIpc) is 2.27. The molecular weight excluding hydrogens is 266 g/mol. The minimum Gasteiger partial charge on any atom is -0.327 e. The first-order valence-electron chi connectivity index (χ1n) is 5.73. The van der Waals surface area contributed by atoms with Gasteiger partial charge in [0.2, 0.25) is 0 Å². The lowest BCUT2D eigenvalue weighted by atomic mass is 9.95. The van der Waals surface area contributed by atoms with Crippen molar-refractivity contribution in [3.8, 4) is 0 Å². The Morgan fingerprint density at radius 1 is 1.56 bits per heavy atom. The van der Waals surface area contributed by atoms with Crippen LogP contribution in [0.3, 0.4) is 0 Å². The molecule has 2 rings (SSSR count). The van der Waals surface area contributed by atoms with Crippen LogP contribution in [0.5, 0.6) is 0 Å². The Bertz CT molecular complexity index is 339. The molecule has 3 nitrogen and oxygen atoms in total. The molecule has 0 amide bonds. The van der Waals surface area contributed by atoms with Crippen molar-refractivity contribution >= 4 is 15.9 Å². The molecule has 1 fully saturated rings. The van der Waals surface area contributed by atoms with Crippen LogP contribution in [-0.4, -0.2) is 29.0 Å². The van der Waals surface area contributed by atoms with Gasteiger partial charge in [0.05, 0.1) is 5.69 Å². The monoisotopic (exact) mass is 283 g/mol. The molecule has 1 aliphatic rings. The van der Waals surface area contributed by atoms with E-state index in [1.54, 1.807) is 0 Å². The molecule has 4 heteroatoms. The highest BCUT2D eigenvalue weighted by Crippen LogP contribution is 2.17. The smallest absolute Gasteiger partial charge is 0.0544 e. The van der Waals surface area contributed by atoms with E-state index >= 15 is 0 Å². The summed E-state index contributed by atoms with van der Waals surface area (Å²) in [6, 6.07) is 4.49. The minimum absolute atomic E-state index is 0.370. The molecule has 0 bridgehead atoms. The molecule has 1 aromatic rings. The fourth-order valence-corrected chi connectivity index (χ4v) is 2.36. The van der Waals surface area contributed by atoms with E-state index in [2.05, 4.69) is 38.8 Å². The standard InChI is InChI=1S/C12H18BrN3/c1-9-7-16(5-4-12(9)14)8-11-3-2-10(13)6-15-11/h2-3,6,9,12H,4-5,7-8,14H2,1H3. The van der Waals surface area contributed by atoms with Gasteiger partial charge in [0.1, 0.15) is 0 Å². The molecule has 0 saturated carbocycles. The highest BCUT2D eigenvalue weighted by molar-refractivity contribution is 9.10. The van der Waals surface area contributed by atoms with Gasteiger partial charge in [-0.05, 0) is 40.4 Å².